The van der Waals surface area contributed by atoms with Crippen molar-refractivity contribution in [1.82, 2.24) is 0 Å². The quantitative estimate of drug-likeness (QED) is 0.662. The highest BCUT2D eigenvalue weighted by molar-refractivity contribution is 4.95. The Morgan fingerprint density at radius 3 is 2.25 bits per heavy atom. The third-order valence-corrected chi connectivity index (χ3v) is 1.87. The molecule has 72 valence electrons. The Morgan fingerprint density at radius 2 is 1.92 bits per heavy atom. The second kappa shape index (κ2) is 3.22. The van der Waals surface area contributed by atoms with Gasteiger partial charge in [-0.15, -0.1) is 0 Å². The first-order valence-electron chi connectivity index (χ1n) is 3.67. The molecule has 0 aromatic heterocycles. The van der Waals surface area contributed by atoms with E-state index in [2.05, 4.69) is 4.74 Å². The molecule has 0 radical (unpaired) electrons. The second-order valence-corrected chi connectivity index (χ2v) is 3.00. The minimum Gasteiger partial charge on any atom is -0.376 e. The van der Waals surface area contributed by atoms with E-state index in [9.17, 15) is 13.2 Å². The summed E-state index contributed by atoms with van der Waals surface area (Å²) in [5.74, 6) is 0. The average molecular weight is 184 g/mol. The minimum atomic E-state index is -4.23. The predicted molar refractivity (Wildman–Crippen MR) is 35.8 cm³/mol. The molecule has 1 fully saturated rings. The smallest absolute Gasteiger partial charge is 0.376 e. The van der Waals surface area contributed by atoms with Crippen molar-refractivity contribution in [2.24, 2.45) is 0 Å². The maximum Gasteiger partial charge on any atom is 0.411 e. The summed E-state index contributed by atoms with van der Waals surface area (Å²) in [5.41, 5.74) is -0.411. The van der Waals surface area contributed by atoms with Gasteiger partial charge in [-0.25, -0.2) is 0 Å². The zero-order valence-corrected chi connectivity index (χ0v) is 6.78. The number of ether oxygens (including phenoxy) is 2. The summed E-state index contributed by atoms with van der Waals surface area (Å²) in [6.45, 7) is -1.14. The molecule has 0 saturated heterocycles. The maximum atomic E-state index is 11.6. The van der Waals surface area contributed by atoms with Gasteiger partial charge in [0.05, 0.1) is 12.2 Å². The van der Waals surface area contributed by atoms with Gasteiger partial charge in [0.1, 0.15) is 6.61 Å². The molecule has 0 bridgehead atoms. The molecule has 1 aliphatic rings. The van der Waals surface area contributed by atoms with Crippen LogP contribution in [0.4, 0.5) is 13.2 Å². The van der Waals surface area contributed by atoms with Crippen molar-refractivity contribution < 1.29 is 22.6 Å². The third kappa shape index (κ3) is 2.98. The number of hydrogen-bond donors (Lipinski definition) is 0. The molecule has 12 heavy (non-hydrogen) atoms. The van der Waals surface area contributed by atoms with Gasteiger partial charge in [0.15, 0.2) is 0 Å². The Bertz CT molecular complexity index is 151. The van der Waals surface area contributed by atoms with Gasteiger partial charge < -0.3 is 9.47 Å². The SMILES string of the molecule is COC1(COCC(F)(F)F)CC1. The zero-order chi connectivity index (χ0) is 9.24. The van der Waals surface area contributed by atoms with Crippen LogP contribution in [0.25, 0.3) is 0 Å². The van der Waals surface area contributed by atoms with Crippen LogP contribution in [0.15, 0.2) is 0 Å². The Kier molecular flexibility index (Phi) is 2.63. The van der Waals surface area contributed by atoms with Crippen molar-refractivity contribution in [1.29, 1.82) is 0 Å². The molecule has 1 saturated carbocycles. The number of hydrogen-bond acceptors (Lipinski definition) is 2. The average Bonchev–Trinajstić information content (AvgIpc) is 2.67. The summed E-state index contributed by atoms with van der Waals surface area (Å²) in [6, 6.07) is 0. The fourth-order valence-corrected chi connectivity index (χ4v) is 0.900. The van der Waals surface area contributed by atoms with Crippen molar-refractivity contribution in [3.05, 3.63) is 0 Å². The Labute approximate surface area is 68.6 Å². The van der Waals surface area contributed by atoms with Crippen molar-refractivity contribution >= 4 is 0 Å². The van der Waals surface area contributed by atoms with Gasteiger partial charge >= 0.3 is 6.18 Å². The molecule has 0 aliphatic heterocycles. The van der Waals surface area contributed by atoms with Crippen molar-refractivity contribution in [2.75, 3.05) is 20.3 Å². The molecule has 2 nitrogen and oxygen atoms in total. The lowest BCUT2D eigenvalue weighted by Gasteiger charge is -2.14. The molecule has 0 unspecified atom stereocenters. The fraction of sp³-hybridized carbons (Fsp3) is 1.00. The van der Waals surface area contributed by atoms with E-state index < -0.39 is 18.4 Å². The van der Waals surface area contributed by atoms with Crippen LogP contribution >= 0.6 is 0 Å². The van der Waals surface area contributed by atoms with Gasteiger partial charge in [-0.2, -0.15) is 13.2 Å². The largest absolute Gasteiger partial charge is 0.411 e. The lowest BCUT2D eigenvalue weighted by atomic mass is 10.4. The van der Waals surface area contributed by atoms with E-state index in [1.807, 2.05) is 0 Å². The first kappa shape index (κ1) is 9.80. The normalized spacial score (nSPS) is 21.0. The topological polar surface area (TPSA) is 18.5 Å². The summed E-state index contributed by atoms with van der Waals surface area (Å²) < 4.78 is 44.2. The van der Waals surface area contributed by atoms with Crippen LogP contribution in [-0.4, -0.2) is 32.1 Å². The lowest BCUT2D eigenvalue weighted by Crippen LogP contribution is -2.25. The van der Waals surface area contributed by atoms with Crippen LogP contribution in [0.1, 0.15) is 12.8 Å². The van der Waals surface area contributed by atoms with Gasteiger partial charge in [-0.1, -0.05) is 0 Å². The van der Waals surface area contributed by atoms with Gasteiger partial charge in [-0.3, -0.25) is 0 Å². The summed E-state index contributed by atoms with van der Waals surface area (Å²) >= 11 is 0. The standard InChI is InChI=1S/C7H11F3O2/c1-11-6(2-3-6)4-12-5-7(8,9)10/h2-5H2,1H3. The molecular weight excluding hydrogens is 173 g/mol. The van der Waals surface area contributed by atoms with Crippen LogP contribution in [0.3, 0.4) is 0 Å². The highest BCUT2D eigenvalue weighted by atomic mass is 19.4. The third-order valence-electron chi connectivity index (χ3n) is 1.87. The maximum absolute atomic E-state index is 11.6. The fourth-order valence-electron chi connectivity index (χ4n) is 0.900. The van der Waals surface area contributed by atoms with Crippen LogP contribution in [0.2, 0.25) is 0 Å². The van der Waals surface area contributed by atoms with Gasteiger partial charge in [0.2, 0.25) is 0 Å². The van der Waals surface area contributed by atoms with E-state index in [4.69, 9.17) is 4.74 Å². The first-order valence-corrected chi connectivity index (χ1v) is 3.67. The van der Waals surface area contributed by atoms with E-state index in [1.54, 1.807) is 0 Å². The number of rotatable bonds is 4. The zero-order valence-electron chi connectivity index (χ0n) is 6.78. The molecule has 1 aliphatic carbocycles. The van der Waals surface area contributed by atoms with Crippen molar-refractivity contribution in [3.8, 4) is 0 Å². The van der Waals surface area contributed by atoms with E-state index in [0.29, 0.717) is 0 Å². The first-order chi connectivity index (χ1) is 5.47. The van der Waals surface area contributed by atoms with Crippen molar-refractivity contribution in [2.45, 2.75) is 24.6 Å². The number of methoxy groups -OCH3 is 1. The molecule has 0 spiro atoms. The van der Waals surface area contributed by atoms with Gasteiger partial charge in [0, 0.05) is 7.11 Å². The van der Waals surface area contributed by atoms with Crippen molar-refractivity contribution in [3.63, 3.8) is 0 Å². The Morgan fingerprint density at radius 1 is 1.33 bits per heavy atom. The van der Waals surface area contributed by atoms with Crippen LogP contribution < -0.4 is 0 Å². The lowest BCUT2D eigenvalue weighted by molar-refractivity contribution is -0.181. The van der Waals surface area contributed by atoms with Gasteiger partial charge in [0.25, 0.3) is 0 Å². The molecule has 1 rings (SSSR count). The van der Waals surface area contributed by atoms with Crippen LogP contribution in [0, 0.1) is 0 Å². The van der Waals surface area contributed by atoms with Crippen LogP contribution in [0.5, 0.6) is 0 Å². The molecule has 0 N–H and O–H groups in total. The predicted octanol–water partition coefficient (Wildman–Crippen LogP) is 1.74. The summed E-state index contributed by atoms with van der Waals surface area (Å²) in [7, 11) is 1.49. The summed E-state index contributed by atoms with van der Waals surface area (Å²) in [5, 5.41) is 0. The van der Waals surface area contributed by atoms with Gasteiger partial charge in [-0.05, 0) is 12.8 Å². The van der Waals surface area contributed by atoms with E-state index in [0.717, 1.165) is 12.8 Å². The monoisotopic (exact) mass is 184 g/mol. The minimum absolute atomic E-state index is 0.0447. The van der Waals surface area contributed by atoms with E-state index in [1.165, 1.54) is 7.11 Å². The molecule has 5 heteroatoms. The van der Waals surface area contributed by atoms with E-state index in [-0.39, 0.29) is 6.61 Å². The molecule has 0 aromatic rings. The summed E-state index contributed by atoms with van der Waals surface area (Å²) in [4.78, 5) is 0. The highest BCUT2D eigenvalue weighted by Gasteiger charge is 2.44. The molecule has 0 atom stereocenters. The molecule has 0 heterocycles. The molecule has 0 amide bonds. The second-order valence-electron chi connectivity index (χ2n) is 3.00. The Balaban J connectivity index is 2.10. The van der Waals surface area contributed by atoms with E-state index >= 15 is 0 Å². The van der Waals surface area contributed by atoms with Crippen LogP contribution in [-0.2, 0) is 9.47 Å². The number of alkyl halides is 3. The highest BCUT2D eigenvalue weighted by Crippen LogP contribution is 2.39. The molecule has 0 aromatic carbocycles. The molecular formula is C7H11F3O2. The number of halogens is 3. The summed E-state index contributed by atoms with van der Waals surface area (Å²) in [6.07, 6.45) is -2.65. The Hall–Kier alpha value is -0.290.